The van der Waals surface area contributed by atoms with Gasteiger partial charge in [0.2, 0.25) is 100 Å². The molecule has 5 heterocycles. The number of fused-ring (bicyclic) bond motifs is 9. The summed E-state index contributed by atoms with van der Waals surface area (Å²) in [5, 5.41) is 95.0. The Labute approximate surface area is 840 Å². The minimum absolute atomic E-state index is 0.00858. The minimum atomic E-state index is -1.77. The molecule has 0 radical (unpaired) electrons. The van der Waals surface area contributed by atoms with Gasteiger partial charge in [0.1, 0.15) is 78.5 Å². The highest BCUT2D eigenvalue weighted by Gasteiger charge is 2.43. The number of nitrogens with two attached hydrogens (primary N) is 7. The summed E-state index contributed by atoms with van der Waals surface area (Å²) in [5.74, 6) is -21.5. The first kappa shape index (κ1) is 118. The number of thioether (sulfide) groups is 3. The van der Waals surface area contributed by atoms with Crippen LogP contribution in [-0.2, 0) is 92.7 Å². The summed E-state index contributed by atoms with van der Waals surface area (Å²) in [7, 11) is 0. The zero-order valence-electron chi connectivity index (χ0n) is 81.2. The third-order valence-corrected chi connectivity index (χ3v) is 26.5. The quantitative estimate of drug-likeness (QED) is 0.0171. The van der Waals surface area contributed by atoms with Crippen molar-refractivity contribution in [1.29, 1.82) is 27.0 Å². The van der Waals surface area contributed by atoms with Crippen molar-refractivity contribution in [2.45, 2.75) is 248 Å². The van der Waals surface area contributed by atoms with Crippen LogP contribution >= 0.6 is 35.3 Å². The van der Waals surface area contributed by atoms with Crippen LogP contribution in [0, 0.1) is 38.9 Å². The third-order valence-electron chi connectivity index (χ3n) is 23.3. The SMILES string of the molecule is CC(C)C[C@@H]1NC(=O)[C@H](CCC(N)=O)NC(=O)[C@H](CCCNC(=N)N)NC(=O)[C@@H]2CSCCC(=O)N3CN(CN(C3)C(=O)CCSC[C@H](NC(=O)[C@@H](N)CCCNC(=N)N)C(=O)N[C@@H](C)C(=O)N[C@@H](CCCNC(=N)N)C(=O)N[C@@H](CC(C)C)C(=O)N3CCC[C@H]3C(=O)N2)C(=O)CCSC[C@@H](C(=O)N[C@@H](CCCNC(=N)N)C(=O)N[C@@H](Cc2c[nH]c3ccccc23)C(=O)O)NC(=O)[C@H](CCCNC(=N)N)NC1=O. The average Bonchev–Trinajstić information content (AvgIpc) is 1.69. The summed E-state index contributed by atoms with van der Waals surface area (Å²) < 4.78 is 0. The number of para-hydroxylation sites is 1. The molecular weight excluding hydrogens is 1920 g/mol. The lowest BCUT2D eigenvalue weighted by Crippen LogP contribution is -2.61. The molecule has 1 aromatic carbocycles. The summed E-state index contributed by atoms with van der Waals surface area (Å²) >= 11 is 2.85. The van der Waals surface area contributed by atoms with Crippen molar-refractivity contribution < 1.29 is 91.4 Å². The number of primary amides is 1. The zero-order valence-corrected chi connectivity index (χ0v) is 83.7. The molecule has 143 heavy (non-hydrogen) atoms. The van der Waals surface area contributed by atoms with E-state index in [1.54, 1.807) is 58.2 Å². The number of carbonyl (C=O) groups is 18. The molecule has 17 amide bonds. The Balaban J connectivity index is 1.52. The number of rotatable bonds is 36. The average molecular weight is 2070 g/mol. The number of aromatic nitrogens is 1. The highest BCUT2D eigenvalue weighted by Crippen LogP contribution is 2.25. The van der Waals surface area contributed by atoms with Crippen molar-refractivity contribution in [3.05, 3.63) is 36.0 Å². The van der Waals surface area contributed by atoms with Crippen molar-refractivity contribution in [2.75, 3.05) is 93.8 Å². The molecule has 0 aliphatic carbocycles. The van der Waals surface area contributed by atoms with E-state index in [0.29, 0.717) is 16.5 Å². The van der Waals surface area contributed by atoms with Crippen LogP contribution in [0.5, 0.6) is 0 Å². The number of nitrogens with zero attached hydrogens (tertiary/aromatic N) is 4. The van der Waals surface area contributed by atoms with Crippen molar-refractivity contribution in [3.8, 4) is 0 Å². The summed E-state index contributed by atoms with van der Waals surface area (Å²) in [4.78, 5) is 273. The van der Waals surface area contributed by atoms with Crippen LogP contribution < -0.4 is 131 Å². The van der Waals surface area contributed by atoms with Gasteiger partial charge in [-0.3, -0.25) is 109 Å². The van der Waals surface area contributed by atoms with Gasteiger partial charge in [0, 0.05) is 123 Å². The first-order valence-corrected chi connectivity index (χ1v) is 51.0. The molecule has 14 atom stereocenters. The number of carboxylic acids is 1. The monoisotopic (exact) mass is 2070 g/mol. The second-order valence-corrected chi connectivity index (χ2v) is 39.4. The maximum absolute atomic E-state index is 15.4. The molecule has 0 saturated carbocycles. The van der Waals surface area contributed by atoms with Gasteiger partial charge in [0.25, 0.3) is 0 Å². The van der Waals surface area contributed by atoms with E-state index in [1.807, 2.05) is 0 Å². The lowest BCUT2D eigenvalue weighted by molar-refractivity contribution is -0.158. The highest BCUT2D eigenvalue weighted by molar-refractivity contribution is 7.99. The second-order valence-electron chi connectivity index (χ2n) is 36.0. The van der Waals surface area contributed by atoms with Crippen LogP contribution in [0.3, 0.4) is 0 Å². The molecule has 4 aliphatic rings. The fraction of sp³-hybridized carbons (Fsp3) is 0.644. The number of aliphatic carboxylic acids is 1. The lowest BCUT2D eigenvalue weighted by Gasteiger charge is -2.42. The van der Waals surface area contributed by atoms with E-state index in [1.165, 1.54) is 26.5 Å². The van der Waals surface area contributed by atoms with Crippen LogP contribution in [0.4, 0.5) is 0 Å². The van der Waals surface area contributed by atoms with E-state index >= 15 is 43.2 Å². The summed E-state index contributed by atoms with van der Waals surface area (Å²) in [6.07, 6.45) is -1.70. The Morgan fingerprint density at radius 2 is 0.923 bits per heavy atom. The molecule has 53 nitrogen and oxygen atoms in total. The molecule has 4 fully saturated rings. The van der Waals surface area contributed by atoms with Crippen LogP contribution in [0.25, 0.3) is 10.9 Å². The molecule has 38 N–H and O–H groups in total. The van der Waals surface area contributed by atoms with Gasteiger partial charge in [0.05, 0.1) is 26.0 Å². The normalized spacial score (nSPS) is 22.8. The molecular formula is C87H144N34O19S3. The van der Waals surface area contributed by atoms with E-state index in [-0.39, 0.29) is 177 Å². The van der Waals surface area contributed by atoms with Crippen molar-refractivity contribution in [2.24, 2.45) is 52.0 Å². The van der Waals surface area contributed by atoms with Crippen LogP contribution in [-0.4, -0.2) is 344 Å². The molecule has 56 heteroatoms. The van der Waals surface area contributed by atoms with Crippen LogP contribution in [0.2, 0.25) is 0 Å². The summed E-state index contributed by atoms with van der Waals surface area (Å²) in [6, 6.07) is -14.8. The van der Waals surface area contributed by atoms with E-state index < -0.39 is 278 Å². The molecule has 2 aromatic rings. The highest BCUT2D eigenvalue weighted by atomic mass is 32.2. The van der Waals surface area contributed by atoms with E-state index in [4.69, 9.17) is 67.2 Å². The number of carboxylic acid groups (broad SMARTS) is 1. The number of benzene rings is 1. The molecule has 794 valence electrons. The van der Waals surface area contributed by atoms with Crippen LogP contribution in [0.15, 0.2) is 30.5 Å². The number of hydrogen-bond donors (Lipinski definition) is 31. The first-order chi connectivity index (χ1) is 67.8. The number of carbonyl (C=O) groups excluding carboxylic acids is 17. The van der Waals surface area contributed by atoms with Crippen molar-refractivity contribution in [1.82, 2.24) is 115 Å². The molecule has 4 aliphatic heterocycles. The zero-order chi connectivity index (χ0) is 106. The third kappa shape index (κ3) is 42.0. The van der Waals surface area contributed by atoms with E-state index in [9.17, 15) is 48.3 Å². The van der Waals surface area contributed by atoms with Crippen molar-refractivity contribution in [3.63, 3.8) is 0 Å². The second kappa shape index (κ2) is 60.8. The van der Waals surface area contributed by atoms with Crippen LogP contribution in [0.1, 0.15) is 162 Å². The number of guanidine groups is 5. The fourth-order valence-electron chi connectivity index (χ4n) is 15.8. The summed E-state index contributed by atoms with van der Waals surface area (Å²) in [5.41, 5.74) is 41.1. The Morgan fingerprint density at radius 3 is 1.43 bits per heavy atom. The standard InChI is InChI=1S/C87H144N34O19S3/c1-46(2)36-58-76(133)108-56(20-12-31-104-87(98)99)74(131)116-62(78(135)110-55(19-11-30-103-86(96)97)73(130)114-60(82(139)140)38-49-39-105-52-16-7-6-14-50(49)52)41-142-34-25-67(124)119-43-118-44-120(45-119)68(125)26-35-143-42-63(79(136)109-54(18-10-29-102-85(94)95)71(128)111-57(75(132)112-58)22-23-65(89)122)117-80(137)64-21-13-32-121(64)81(138)59(37-47(3)4)113-72(129)53(17-9-28-101-84(92)93)107-69(126)48(5)106-77(134)61(40-141-33-24-66(118)123)115-70(127)51(88)15-8-27-100-83(90)91/h6-7,14,16,39,46-48,51,53-64,105H,8-13,15,17-38,40-45,88H2,1-5H3,(H2,89,122)(H,106,134)(H,107,126)(H,108,133)(H,109,136)(H,110,135)(H,111,128)(H,112,132)(H,113,129)(H,114,130)(H,115,127)(H,116,131)(H,117,137)(H,139,140)(H4,90,91,100)(H4,92,93,101)(H4,94,95,102)(H4,96,97,103)(H4,98,99,104)/t48-,51-,53-,54-,55-,56-,57-,58-,59-,60-,61-,62-,63-,64-/m0/s1. The van der Waals surface area contributed by atoms with Gasteiger partial charge >= 0.3 is 5.97 Å². The Hall–Kier alpha value is -13.4. The molecule has 4 bridgehead atoms. The Kier molecular flexibility index (Phi) is 50.3. The largest absolute Gasteiger partial charge is 0.480 e. The fourth-order valence-corrected chi connectivity index (χ4v) is 18.6. The van der Waals surface area contributed by atoms with Gasteiger partial charge in [-0.25, -0.2) is 4.79 Å². The van der Waals surface area contributed by atoms with Gasteiger partial charge < -0.3 is 160 Å². The number of H-pyrrole nitrogens is 1. The van der Waals surface area contributed by atoms with Gasteiger partial charge in [-0.05, 0) is 127 Å². The molecule has 6 rings (SSSR count). The first-order valence-electron chi connectivity index (χ1n) is 47.5. The molecule has 1 aromatic heterocycles. The Morgan fingerprint density at radius 1 is 0.483 bits per heavy atom. The molecule has 4 saturated heterocycles. The van der Waals surface area contributed by atoms with E-state index in [2.05, 4.69) is 95.4 Å². The number of amides is 17. The number of aromatic amines is 1. The van der Waals surface area contributed by atoms with Gasteiger partial charge in [-0.15, -0.1) is 0 Å². The lowest BCUT2D eigenvalue weighted by atomic mass is 10.0. The number of hydrogen-bond acceptors (Lipinski definition) is 27. The molecule has 0 unspecified atom stereocenters. The van der Waals surface area contributed by atoms with E-state index in [0.717, 1.165) is 35.3 Å². The molecule has 0 spiro atoms. The number of nitrogens with one attached hydrogen (secondary N) is 23. The van der Waals surface area contributed by atoms with Gasteiger partial charge in [-0.1, -0.05) is 45.9 Å². The van der Waals surface area contributed by atoms with Crippen molar-refractivity contribution >= 4 is 182 Å². The van der Waals surface area contributed by atoms with Gasteiger partial charge in [-0.2, -0.15) is 35.3 Å². The van der Waals surface area contributed by atoms with Gasteiger partial charge in [0.15, 0.2) is 29.8 Å². The smallest absolute Gasteiger partial charge is 0.326 e. The predicted molar refractivity (Wildman–Crippen MR) is 535 cm³/mol. The Bertz CT molecular complexity index is 4800. The maximum atomic E-state index is 15.4. The minimum Gasteiger partial charge on any atom is -0.480 e. The summed E-state index contributed by atoms with van der Waals surface area (Å²) in [6.45, 7) is 6.76. The predicted octanol–water partition coefficient (Wildman–Crippen LogP) is -7.61. The topological polar surface area (TPSA) is 862 Å². The maximum Gasteiger partial charge on any atom is 0.326 e.